The van der Waals surface area contributed by atoms with Crippen LogP contribution in [0.2, 0.25) is 0 Å². The maximum Gasteiger partial charge on any atom is 0.232 e. The van der Waals surface area contributed by atoms with E-state index in [4.69, 9.17) is 0 Å². The van der Waals surface area contributed by atoms with Crippen molar-refractivity contribution in [2.75, 3.05) is 17.2 Å². The zero-order chi connectivity index (χ0) is 12.4. The fourth-order valence-electron chi connectivity index (χ4n) is 3.04. The molecular formula is C14H19N3O. The molecule has 1 aliphatic carbocycles. The van der Waals surface area contributed by atoms with Gasteiger partial charge in [-0.2, -0.15) is 0 Å². The van der Waals surface area contributed by atoms with E-state index in [1.807, 2.05) is 12.1 Å². The molecule has 1 aromatic heterocycles. The van der Waals surface area contributed by atoms with E-state index in [0.29, 0.717) is 6.54 Å². The number of carbonyl (C=O) groups excluding carboxylic acids is 1. The van der Waals surface area contributed by atoms with Crippen LogP contribution in [-0.4, -0.2) is 17.4 Å². The first-order valence-electron chi connectivity index (χ1n) is 6.81. The number of pyridine rings is 1. The van der Waals surface area contributed by atoms with Crippen LogP contribution in [0.1, 0.15) is 38.5 Å². The predicted molar refractivity (Wildman–Crippen MR) is 71.5 cm³/mol. The highest BCUT2D eigenvalue weighted by Gasteiger charge is 2.40. The second-order valence-electron chi connectivity index (χ2n) is 5.40. The van der Waals surface area contributed by atoms with Gasteiger partial charge in [0.05, 0.1) is 11.1 Å². The molecule has 0 bridgehead atoms. The van der Waals surface area contributed by atoms with Crippen LogP contribution in [0, 0.1) is 5.41 Å². The largest absolute Gasteiger partial charge is 0.367 e. The quantitative estimate of drug-likeness (QED) is 0.739. The van der Waals surface area contributed by atoms with E-state index in [1.54, 1.807) is 6.20 Å². The standard InChI is InChI=1S/C14H19N3O/c18-13-14(7-3-1-2-4-8-14)10-16-12-11(17-13)6-5-9-15-12/h5-6,9H,1-4,7-8,10H2,(H,15,16)(H,17,18). The maximum absolute atomic E-state index is 12.5. The topological polar surface area (TPSA) is 54.0 Å². The van der Waals surface area contributed by atoms with Crippen LogP contribution in [0.4, 0.5) is 11.5 Å². The Labute approximate surface area is 107 Å². The lowest BCUT2D eigenvalue weighted by Gasteiger charge is -2.29. The van der Waals surface area contributed by atoms with Gasteiger partial charge in [-0.1, -0.05) is 25.7 Å². The molecule has 2 heterocycles. The molecule has 1 fully saturated rings. The lowest BCUT2D eigenvalue weighted by Crippen LogP contribution is -2.39. The second kappa shape index (κ2) is 4.59. The lowest BCUT2D eigenvalue weighted by atomic mass is 9.79. The first kappa shape index (κ1) is 11.5. The predicted octanol–water partition coefficient (Wildman–Crippen LogP) is 2.79. The van der Waals surface area contributed by atoms with E-state index in [-0.39, 0.29) is 11.3 Å². The number of hydrogen-bond acceptors (Lipinski definition) is 3. The Bertz CT molecular complexity index is 450. The minimum absolute atomic E-state index is 0.170. The number of nitrogens with one attached hydrogen (secondary N) is 2. The van der Waals surface area contributed by atoms with Gasteiger partial charge in [-0.05, 0) is 25.0 Å². The molecule has 96 valence electrons. The van der Waals surface area contributed by atoms with E-state index < -0.39 is 0 Å². The summed E-state index contributed by atoms with van der Waals surface area (Å²) in [6.07, 6.45) is 8.53. The highest BCUT2D eigenvalue weighted by Crippen LogP contribution is 2.39. The van der Waals surface area contributed by atoms with Crippen molar-refractivity contribution < 1.29 is 4.79 Å². The van der Waals surface area contributed by atoms with E-state index in [2.05, 4.69) is 15.6 Å². The number of carbonyl (C=O) groups is 1. The summed E-state index contributed by atoms with van der Waals surface area (Å²) in [5.41, 5.74) is 0.570. The monoisotopic (exact) mass is 245 g/mol. The van der Waals surface area contributed by atoms with Gasteiger partial charge >= 0.3 is 0 Å². The van der Waals surface area contributed by atoms with Crippen molar-refractivity contribution >= 4 is 17.4 Å². The van der Waals surface area contributed by atoms with Crippen LogP contribution >= 0.6 is 0 Å². The molecule has 0 atom stereocenters. The fourth-order valence-corrected chi connectivity index (χ4v) is 3.04. The van der Waals surface area contributed by atoms with Crippen LogP contribution < -0.4 is 10.6 Å². The zero-order valence-electron chi connectivity index (χ0n) is 10.5. The van der Waals surface area contributed by atoms with Crippen molar-refractivity contribution in [2.45, 2.75) is 38.5 Å². The molecule has 4 heteroatoms. The van der Waals surface area contributed by atoms with Crippen LogP contribution in [0.25, 0.3) is 0 Å². The molecule has 1 spiro atoms. The van der Waals surface area contributed by atoms with Gasteiger partial charge in [0.2, 0.25) is 5.91 Å². The van der Waals surface area contributed by atoms with Crippen molar-refractivity contribution in [1.29, 1.82) is 0 Å². The highest BCUT2D eigenvalue weighted by molar-refractivity contribution is 5.99. The normalized spacial score (nSPS) is 22.3. The minimum Gasteiger partial charge on any atom is -0.367 e. The third-order valence-corrected chi connectivity index (χ3v) is 4.19. The van der Waals surface area contributed by atoms with Crippen molar-refractivity contribution in [3.63, 3.8) is 0 Å². The highest BCUT2D eigenvalue weighted by atomic mass is 16.2. The number of fused-ring (bicyclic) bond motifs is 1. The van der Waals surface area contributed by atoms with Crippen molar-refractivity contribution in [3.8, 4) is 0 Å². The Morgan fingerprint density at radius 2 is 1.94 bits per heavy atom. The summed E-state index contributed by atoms with van der Waals surface area (Å²) in [7, 11) is 0. The molecule has 1 aromatic rings. The van der Waals surface area contributed by atoms with Gasteiger partial charge in [0, 0.05) is 12.7 Å². The molecule has 4 nitrogen and oxygen atoms in total. The van der Waals surface area contributed by atoms with Gasteiger partial charge in [0.25, 0.3) is 0 Å². The molecule has 3 rings (SSSR count). The lowest BCUT2D eigenvalue weighted by molar-refractivity contribution is -0.125. The Morgan fingerprint density at radius 1 is 1.17 bits per heavy atom. The van der Waals surface area contributed by atoms with Crippen molar-refractivity contribution in [3.05, 3.63) is 18.3 Å². The summed E-state index contributed by atoms with van der Waals surface area (Å²) in [4.78, 5) is 16.8. The van der Waals surface area contributed by atoms with Gasteiger partial charge in [0.15, 0.2) is 0 Å². The molecule has 18 heavy (non-hydrogen) atoms. The van der Waals surface area contributed by atoms with Crippen LogP contribution in [0.5, 0.6) is 0 Å². The third kappa shape index (κ3) is 1.96. The molecule has 0 aromatic carbocycles. The summed E-state index contributed by atoms with van der Waals surface area (Å²) >= 11 is 0. The van der Waals surface area contributed by atoms with E-state index >= 15 is 0 Å². The Balaban J connectivity index is 1.90. The number of amides is 1. The molecule has 1 saturated carbocycles. The van der Waals surface area contributed by atoms with E-state index in [0.717, 1.165) is 37.2 Å². The average Bonchev–Trinajstić information content (AvgIpc) is 2.70. The number of hydrogen-bond donors (Lipinski definition) is 2. The Kier molecular flexibility index (Phi) is 2.94. The number of aromatic nitrogens is 1. The molecule has 2 aliphatic rings. The summed E-state index contributed by atoms with van der Waals surface area (Å²) in [6.45, 7) is 0.711. The number of anilines is 2. The zero-order valence-corrected chi connectivity index (χ0v) is 10.5. The molecule has 1 amide bonds. The van der Waals surface area contributed by atoms with Gasteiger partial charge in [-0.15, -0.1) is 0 Å². The summed E-state index contributed by atoms with van der Waals surface area (Å²) in [5.74, 6) is 0.968. The Morgan fingerprint density at radius 3 is 2.72 bits per heavy atom. The van der Waals surface area contributed by atoms with E-state index in [1.165, 1.54) is 12.8 Å². The van der Waals surface area contributed by atoms with E-state index in [9.17, 15) is 4.79 Å². The molecule has 0 radical (unpaired) electrons. The number of nitrogens with zero attached hydrogens (tertiary/aromatic N) is 1. The average molecular weight is 245 g/mol. The van der Waals surface area contributed by atoms with Gasteiger partial charge in [-0.25, -0.2) is 4.98 Å². The maximum atomic E-state index is 12.5. The SMILES string of the molecule is O=C1Nc2cccnc2NCC12CCCCCC2. The molecule has 0 unspecified atom stereocenters. The summed E-state index contributed by atoms with van der Waals surface area (Å²) < 4.78 is 0. The van der Waals surface area contributed by atoms with Crippen LogP contribution in [0.3, 0.4) is 0 Å². The number of rotatable bonds is 0. The summed E-state index contributed by atoms with van der Waals surface area (Å²) in [6, 6.07) is 3.76. The van der Waals surface area contributed by atoms with Gasteiger partial charge in [-0.3, -0.25) is 4.79 Å². The third-order valence-electron chi connectivity index (χ3n) is 4.19. The molecule has 2 N–H and O–H groups in total. The Hall–Kier alpha value is -1.58. The minimum atomic E-state index is -0.239. The summed E-state index contributed by atoms with van der Waals surface area (Å²) in [5, 5.41) is 6.40. The fraction of sp³-hybridized carbons (Fsp3) is 0.571. The smallest absolute Gasteiger partial charge is 0.232 e. The first-order chi connectivity index (χ1) is 8.80. The van der Waals surface area contributed by atoms with Crippen molar-refractivity contribution in [1.82, 2.24) is 4.98 Å². The van der Waals surface area contributed by atoms with Gasteiger partial charge < -0.3 is 10.6 Å². The van der Waals surface area contributed by atoms with Gasteiger partial charge in [0.1, 0.15) is 5.82 Å². The van der Waals surface area contributed by atoms with Crippen molar-refractivity contribution in [2.24, 2.45) is 5.41 Å². The first-order valence-corrected chi connectivity index (χ1v) is 6.81. The second-order valence-corrected chi connectivity index (χ2v) is 5.40. The molecular weight excluding hydrogens is 226 g/mol. The van der Waals surface area contributed by atoms with Crippen LogP contribution in [0.15, 0.2) is 18.3 Å². The van der Waals surface area contributed by atoms with Crippen LogP contribution in [-0.2, 0) is 4.79 Å². The molecule has 1 aliphatic heterocycles. The molecule has 0 saturated heterocycles.